The molecule has 0 unspecified atom stereocenters. The zero-order valence-electron chi connectivity index (χ0n) is 18.6. The second-order valence-corrected chi connectivity index (χ2v) is 8.58. The minimum Gasteiger partial charge on any atom is -0.378 e. The number of aryl methyl sites for hydroxylation is 1. The first kappa shape index (κ1) is 21.2. The topological polar surface area (TPSA) is 53.1 Å². The van der Waals surface area contributed by atoms with Crippen LogP contribution < -0.4 is 14.9 Å². The van der Waals surface area contributed by atoms with E-state index in [-0.39, 0.29) is 5.91 Å². The van der Waals surface area contributed by atoms with Gasteiger partial charge in [0.15, 0.2) is 6.10 Å². The van der Waals surface area contributed by atoms with Gasteiger partial charge in [0.05, 0.1) is 17.4 Å². The van der Waals surface area contributed by atoms with Crippen molar-refractivity contribution in [2.45, 2.75) is 19.1 Å². The molecule has 0 radical (unpaired) electrons. The van der Waals surface area contributed by atoms with Gasteiger partial charge in [0.25, 0.3) is 5.91 Å². The van der Waals surface area contributed by atoms with Gasteiger partial charge in [-0.25, -0.2) is 14.4 Å². The van der Waals surface area contributed by atoms with Crippen LogP contribution in [0.25, 0.3) is 0 Å². The van der Waals surface area contributed by atoms with Crippen molar-refractivity contribution >= 4 is 28.9 Å². The van der Waals surface area contributed by atoms with Crippen molar-refractivity contribution in [2.75, 3.05) is 29.0 Å². The van der Waals surface area contributed by atoms with E-state index in [2.05, 4.69) is 0 Å². The molecule has 7 heteroatoms. The van der Waals surface area contributed by atoms with Gasteiger partial charge in [0.1, 0.15) is 11.7 Å². The van der Waals surface area contributed by atoms with Gasteiger partial charge in [-0.05, 0) is 60.5 Å². The zero-order chi connectivity index (χ0) is 23.3. The predicted molar refractivity (Wildman–Crippen MR) is 124 cm³/mol. The molecule has 2 fully saturated rings. The maximum absolute atomic E-state index is 13.6. The highest BCUT2D eigenvalue weighted by molar-refractivity contribution is 6.23. The molecule has 3 aromatic carbocycles. The van der Waals surface area contributed by atoms with Gasteiger partial charge < -0.3 is 4.90 Å². The molecule has 0 aromatic heterocycles. The fourth-order valence-corrected chi connectivity index (χ4v) is 4.59. The molecular weight excluding hydrogens is 421 g/mol. The fraction of sp³-hybridized carbons (Fsp3) is 0.231. The lowest BCUT2D eigenvalue weighted by atomic mass is 9.90. The molecule has 0 saturated carbocycles. The number of carbonyl (C=O) groups is 2. The van der Waals surface area contributed by atoms with Crippen LogP contribution in [0.5, 0.6) is 0 Å². The van der Waals surface area contributed by atoms with Crippen LogP contribution in [0.3, 0.4) is 0 Å². The number of hydroxylamine groups is 1. The molecule has 0 spiro atoms. The van der Waals surface area contributed by atoms with Crippen molar-refractivity contribution in [3.05, 3.63) is 89.7 Å². The third-order valence-electron chi connectivity index (χ3n) is 6.30. The van der Waals surface area contributed by atoms with E-state index in [1.165, 1.54) is 24.3 Å². The summed E-state index contributed by atoms with van der Waals surface area (Å²) in [6, 6.07) is 20.5. The maximum atomic E-state index is 13.6. The highest BCUT2D eigenvalue weighted by Crippen LogP contribution is 2.48. The third kappa shape index (κ3) is 3.45. The fourth-order valence-electron chi connectivity index (χ4n) is 4.59. The van der Waals surface area contributed by atoms with Gasteiger partial charge >= 0.3 is 0 Å². The van der Waals surface area contributed by atoms with Gasteiger partial charge in [0, 0.05) is 19.8 Å². The van der Waals surface area contributed by atoms with Gasteiger partial charge in [-0.3, -0.25) is 14.4 Å². The number of hydrogen-bond acceptors (Lipinski definition) is 5. The van der Waals surface area contributed by atoms with E-state index in [1.54, 1.807) is 5.06 Å². The van der Waals surface area contributed by atoms with E-state index in [0.29, 0.717) is 5.69 Å². The maximum Gasteiger partial charge on any atom is 0.266 e. The summed E-state index contributed by atoms with van der Waals surface area (Å²) in [4.78, 5) is 36.2. The zero-order valence-corrected chi connectivity index (χ0v) is 18.6. The molecule has 2 amide bonds. The number of benzene rings is 3. The van der Waals surface area contributed by atoms with Crippen molar-refractivity contribution < 1.29 is 18.8 Å². The number of hydrogen-bond donors (Lipinski definition) is 0. The van der Waals surface area contributed by atoms with Crippen LogP contribution in [0.4, 0.5) is 21.5 Å². The van der Waals surface area contributed by atoms with Gasteiger partial charge in [-0.1, -0.05) is 30.3 Å². The Hall–Kier alpha value is -3.71. The molecule has 2 heterocycles. The molecular formula is C26H24FN3O3. The van der Waals surface area contributed by atoms with Crippen molar-refractivity contribution in [3.8, 4) is 0 Å². The average Bonchev–Trinajstić information content (AvgIpc) is 3.31. The standard InChI is InChI=1S/C26H24FN3O3/c1-16-6-4-5-7-21(16)30-23(17-8-12-19(13-9-17)28(2)3)22-24(33-30)26(32)29(25(22)31)20-14-10-18(27)11-15-20/h4-15,22-24H,1-3H3/t22-,23+,24-/m1/s1. The Balaban J connectivity index is 1.58. The minimum absolute atomic E-state index is 0.341. The van der Waals surface area contributed by atoms with Crippen LogP contribution in [-0.2, 0) is 14.4 Å². The first-order chi connectivity index (χ1) is 15.9. The summed E-state index contributed by atoms with van der Waals surface area (Å²) >= 11 is 0. The Morgan fingerprint density at radius 2 is 1.55 bits per heavy atom. The molecule has 168 valence electrons. The Morgan fingerprint density at radius 3 is 2.18 bits per heavy atom. The summed E-state index contributed by atoms with van der Waals surface area (Å²) in [6.45, 7) is 1.97. The SMILES string of the molecule is Cc1ccccc1N1O[C@H]2C(=O)N(c3ccc(F)cc3)C(=O)[C@@H]2[C@@H]1c1ccc(N(C)C)cc1. The lowest BCUT2D eigenvalue weighted by Crippen LogP contribution is -2.37. The van der Waals surface area contributed by atoms with Crippen molar-refractivity contribution in [3.63, 3.8) is 0 Å². The molecule has 2 aliphatic heterocycles. The van der Waals surface area contributed by atoms with E-state index < -0.39 is 29.8 Å². The van der Waals surface area contributed by atoms with Gasteiger partial charge in [-0.15, -0.1) is 0 Å². The van der Waals surface area contributed by atoms with Crippen LogP contribution in [-0.4, -0.2) is 32.0 Å². The number of nitrogens with zero attached hydrogens (tertiary/aromatic N) is 3. The Labute approximate surface area is 191 Å². The van der Waals surface area contributed by atoms with Crippen molar-refractivity contribution in [1.82, 2.24) is 0 Å². The molecule has 0 bridgehead atoms. The summed E-state index contributed by atoms with van der Waals surface area (Å²) in [5.41, 5.74) is 4.02. The Morgan fingerprint density at radius 1 is 0.879 bits per heavy atom. The Bertz CT molecular complexity index is 1210. The van der Waals surface area contributed by atoms with E-state index >= 15 is 0 Å². The first-order valence-electron chi connectivity index (χ1n) is 10.8. The minimum atomic E-state index is -0.958. The van der Waals surface area contributed by atoms with Crippen molar-refractivity contribution in [1.29, 1.82) is 0 Å². The normalized spacial score (nSPS) is 22.1. The molecule has 3 atom stereocenters. The second-order valence-electron chi connectivity index (χ2n) is 8.58. The highest BCUT2D eigenvalue weighted by Gasteiger charge is 2.60. The van der Waals surface area contributed by atoms with Crippen LogP contribution in [0, 0.1) is 18.7 Å². The molecule has 5 rings (SSSR count). The molecule has 2 aliphatic rings. The monoisotopic (exact) mass is 445 g/mol. The number of amides is 2. The molecule has 0 aliphatic carbocycles. The van der Waals surface area contributed by atoms with E-state index in [4.69, 9.17) is 4.84 Å². The number of imide groups is 1. The van der Waals surface area contributed by atoms with Crippen LogP contribution in [0.15, 0.2) is 72.8 Å². The number of halogens is 1. The van der Waals surface area contributed by atoms with Crippen LogP contribution in [0.1, 0.15) is 17.2 Å². The second kappa shape index (κ2) is 8.01. The summed E-state index contributed by atoms with van der Waals surface area (Å²) in [5.74, 6) is -1.96. The average molecular weight is 445 g/mol. The predicted octanol–water partition coefficient (Wildman–Crippen LogP) is 4.25. The molecule has 3 aromatic rings. The summed E-state index contributed by atoms with van der Waals surface area (Å²) in [5, 5.41) is 1.70. The number of carbonyl (C=O) groups excluding carboxylic acids is 2. The number of anilines is 3. The Kier molecular flexibility index (Phi) is 5.13. The highest BCUT2D eigenvalue weighted by atomic mass is 19.1. The van der Waals surface area contributed by atoms with E-state index in [0.717, 1.165) is 27.4 Å². The summed E-state index contributed by atoms with van der Waals surface area (Å²) < 4.78 is 13.4. The summed E-state index contributed by atoms with van der Waals surface area (Å²) in [6.07, 6.45) is -0.958. The van der Waals surface area contributed by atoms with E-state index in [9.17, 15) is 14.0 Å². The summed E-state index contributed by atoms with van der Waals surface area (Å²) in [7, 11) is 3.92. The van der Waals surface area contributed by atoms with Gasteiger partial charge in [-0.2, -0.15) is 0 Å². The lowest BCUT2D eigenvalue weighted by molar-refractivity contribution is -0.126. The van der Waals surface area contributed by atoms with Crippen LogP contribution in [0.2, 0.25) is 0 Å². The largest absolute Gasteiger partial charge is 0.378 e. The van der Waals surface area contributed by atoms with Crippen molar-refractivity contribution in [2.24, 2.45) is 5.92 Å². The molecule has 6 nitrogen and oxygen atoms in total. The molecule has 0 N–H and O–H groups in total. The molecule has 2 saturated heterocycles. The third-order valence-corrected chi connectivity index (χ3v) is 6.30. The molecule has 33 heavy (non-hydrogen) atoms. The van der Waals surface area contributed by atoms with Crippen LogP contribution >= 0.6 is 0 Å². The smallest absolute Gasteiger partial charge is 0.266 e. The number of fused-ring (bicyclic) bond motifs is 1. The number of para-hydroxylation sites is 1. The lowest BCUT2D eigenvalue weighted by Gasteiger charge is -2.30. The quantitative estimate of drug-likeness (QED) is 0.562. The van der Waals surface area contributed by atoms with E-state index in [1.807, 2.05) is 74.4 Å². The number of rotatable bonds is 4. The first-order valence-corrected chi connectivity index (χ1v) is 10.8. The van der Waals surface area contributed by atoms with Gasteiger partial charge in [0.2, 0.25) is 5.91 Å².